The van der Waals surface area contributed by atoms with E-state index in [1.54, 1.807) is 14.2 Å². The zero-order valence-corrected chi connectivity index (χ0v) is 15.1. The van der Waals surface area contributed by atoms with Crippen molar-refractivity contribution in [1.29, 1.82) is 0 Å². The van der Waals surface area contributed by atoms with Crippen LogP contribution in [0.25, 0.3) is 0 Å². The fraction of sp³-hybridized carbons (Fsp3) is 0.588. The van der Waals surface area contributed by atoms with E-state index in [2.05, 4.69) is 11.8 Å². The van der Waals surface area contributed by atoms with E-state index < -0.39 is 0 Å². The van der Waals surface area contributed by atoms with Gasteiger partial charge in [0.05, 0.1) is 24.8 Å². The number of benzene rings is 1. The molecule has 2 saturated heterocycles. The van der Waals surface area contributed by atoms with Crippen molar-refractivity contribution in [2.75, 3.05) is 40.5 Å². The molecule has 3 rings (SSSR count). The molecule has 2 fully saturated rings. The normalized spacial score (nSPS) is 23.8. The summed E-state index contributed by atoms with van der Waals surface area (Å²) in [6.45, 7) is 5.50. The molecule has 1 unspecified atom stereocenters. The van der Waals surface area contributed by atoms with Crippen molar-refractivity contribution in [3.05, 3.63) is 22.7 Å². The SMILES string of the molecule is CCC12COC(=O)N1CCN(Cc1ccc(OC)c(OC)c1Cl)C2. The molecular weight excluding hydrogens is 332 g/mol. The molecule has 0 saturated carbocycles. The van der Waals surface area contributed by atoms with Crippen LogP contribution in [0.15, 0.2) is 12.1 Å². The summed E-state index contributed by atoms with van der Waals surface area (Å²) in [6.07, 6.45) is 0.676. The molecule has 24 heavy (non-hydrogen) atoms. The van der Waals surface area contributed by atoms with E-state index in [1.807, 2.05) is 17.0 Å². The minimum absolute atomic E-state index is 0.194. The highest BCUT2D eigenvalue weighted by Gasteiger charge is 2.49. The lowest BCUT2D eigenvalue weighted by molar-refractivity contribution is 0.0449. The van der Waals surface area contributed by atoms with Crippen LogP contribution in [0.2, 0.25) is 5.02 Å². The molecule has 0 aromatic heterocycles. The number of carbonyl (C=O) groups excluding carboxylic acids is 1. The first-order valence-electron chi connectivity index (χ1n) is 8.10. The standard InChI is InChI=1S/C17H23ClN2O4/c1-4-17-10-19(7-8-20(17)16(21)24-11-17)9-12-5-6-13(22-2)15(23-3)14(12)18/h5-6H,4,7-11H2,1-3H3. The Labute approximate surface area is 147 Å². The van der Waals surface area contributed by atoms with Crippen molar-refractivity contribution in [1.82, 2.24) is 9.80 Å². The van der Waals surface area contributed by atoms with E-state index in [4.69, 9.17) is 25.8 Å². The first kappa shape index (κ1) is 17.2. The van der Waals surface area contributed by atoms with Gasteiger partial charge in [0.1, 0.15) is 6.61 Å². The molecule has 7 heteroatoms. The molecule has 6 nitrogen and oxygen atoms in total. The summed E-state index contributed by atoms with van der Waals surface area (Å²) in [6, 6.07) is 3.83. The minimum Gasteiger partial charge on any atom is -0.493 e. The Bertz CT molecular complexity index is 639. The summed E-state index contributed by atoms with van der Waals surface area (Å²) in [7, 11) is 3.18. The van der Waals surface area contributed by atoms with E-state index in [0.29, 0.717) is 36.2 Å². The quantitative estimate of drug-likeness (QED) is 0.813. The van der Waals surface area contributed by atoms with E-state index in [0.717, 1.165) is 25.1 Å². The number of methoxy groups -OCH3 is 2. The van der Waals surface area contributed by atoms with Crippen LogP contribution < -0.4 is 9.47 Å². The van der Waals surface area contributed by atoms with Crippen molar-refractivity contribution >= 4 is 17.7 Å². The first-order chi connectivity index (χ1) is 11.5. The Morgan fingerprint density at radius 3 is 2.75 bits per heavy atom. The average molecular weight is 355 g/mol. The highest BCUT2D eigenvalue weighted by molar-refractivity contribution is 6.33. The number of amides is 1. The predicted octanol–water partition coefficient (Wildman–Crippen LogP) is 2.77. The van der Waals surface area contributed by atoms with Gasteiger partial charge < -0.3 is 14.2 Å². The van der Waals surface area contributed by atoms with Gasteiger partial charge in [-0.05, 0) is 18.1 Å². The predicted molar refractivity (Wildman–Crippen MR) is 90.9 cm³/mol. The van der Waals surface area contributed by atoms with E-state index in [-0.39, 0.29) is 11.6 Å². The largest absolute Gasteiger partial charge is 0.493 e. The molecule has 2 aliphatic rings. The molecule has 0 N–H and O–H groups in total. The Kier molecular flexibility index (Phi) is 4.78. The van der Waals surface area contributed by atoms with Crippen LogP contribution in [-0.2, 0) is 11.3 Å². The van der Waals surface area contributed by atoms with Crippen LogP contribution in [0, 0.1) is 0 Å². The third-order valence-electron chi connectivity index (χ3n) is 5.03. The molecule has 132 valence electrons. The Morgan fingerprint density at radius 1 is 1.29 bits per heavy atom. The van der Waals surface area contributed by atoms with Crippen LogP contribution in [0.4, 0.5) is 4.79 Å². The number of ether oxygens (including phenoxy) is 3. The van der Waals surface area contributed by atoms with Gasteiger partial charge in [-0.2, -0.15) is 0 Å². The molecule has 0 spiro atoms. The van der Waals surface area contributed by atoms with Gasteiger partial charge in [0.2, 0.25) is 0 Å². The average Bonchev–Trinajstić information content (AvgIpc) is 2.93. The van der Waals surface area contributed by atoms with Gasteiger partial charge in [0.25, 0.3) is 0 Å². The summed E-state index contributed by atoms with van der Waals surface area (Å²) in [5.74, 6) is 1.18. The second kappa shape index (κ2) is 6.69. The zero-order chi connectivity index (χ0) is 17.3. The number of hydrogen-bond donors (Lipinski definition) is 0. The van der Waals surface area contributed by atoms with Gasteiger partial charge in [-0.15, -0.1) is 0 Å². The third-order valence-corrected chi connectivity index (χ3v) is 5.45. The van der Waals surface area contributed by atoms with Gasteiger partial charge in [-0.1, -0.05) is 24.6 Å². The number of halogens is 1. The summed E-state index contributed by atoms with van der Waals surface area (Å²) < 4.78 is 15.9. The number of cyclic esters (lactones) is 1. The van der Waals surface area contributed by atoms with Crippen molar-refractivity contribution in [2.45, 2.75) is 25.4 Å². The second-order valence-corrected chi connectivity index (χ2v) is 6.65. The van der Waals surface area contributed by atoms with Gasteiger partial charge in [-0.3, -0.25) is 9.80 Å². The van der Waals surface area contributed by atoms with Crippen molar-refractivity contribution in [2.24, 2.45) is 0 Å². The molecule has 0 aliphatic carbocycles. The fourth-order valence-electron chi connectivity index (χ4n) is 3.57. The third kappa shape index (κ3) is 2.78. The molecule has 2 aliphatic heterocycles. The van der Waals surface area contributed by atoms with E-state index in [9.17, 15) is 4.79 Å². The minimum atomic E-state index is -0.224. The molecular formula is C17H23ClN2O4. The van der Waals surface area contributed by atoms with Crippen LogP contribution in [0.5, 0.6) is 11.5 Å². The molecule has 0 radical (unpaired) electrons. The number of piperazine rings is 1. The topological polar surface area (TPSA) is 51.2 Å². The van der Waals surface area contributed by atoms with Gasteiger partial charge in [0, 0.05) is 26.2 Å². The maximum atomic E-state index is 11.9. The number of nitrogens with zero attached hydrogens (tertiary/aromatic N) is 2. The van der Waals surface area contributed by atoms with Crippen molar-refractivity contribution in [3.8, 4) is 11.5 Å². The maximum Gasteiger partial charge on any atom is 0.410 e. The highest BCUT2D eigenvalue weighted by Crippen LogP contribution is 2.38. The summed E-state index contributed by atoms with van der Waals surface area (Å²) >= 11 is 6.49. The Hall–Kier alpha value is -1.66. The van der Waals surface area contributed by atoms with E-state index >= 15 is 0 Å². The second-order valence-electron chi connectivity index (χ2n) is 6.27. The van der Waals surface area contributed by atoms with Crippen LogP contribution in [-0.4, -0.2) is 61.9 Å². The first-order valence-corrected chi connectivity index (χ1v) is 8.48. The van der Waals surface area contributed by atoms with Gasteiger partial charge >= 0.3 is 6.09 Å². The van der Waals surface area contributed by atoms with Crippen LogP contribution in [0.3, 0.4) is 0 Å². The molecule has 1 aromatic rings. The van der Waals surface area contributed by atoms with Crippen LogP contribution >= 0.6 is 11.6 Å². The van der Waals surface area contributed by atoms with Crippen molar-refractivity contribution in [3.63, 3.8) is 0 Å². The molecule has 2 heterocycles. The van der Waals surface area contributed by atoms with Crippen LogP contribution in [0.1, 0.15) is 18.9 Å². The van der Waals surface area contributed by atoms with Gasteiger partial charge in [0.15, 0.2) is 11.5 Å². The lowest BCUT2D eigenvalue weighted by Crippen LogP contribution is -2.60. The number of rotatable bonds is 5. The maximum absolute atomic E-state index is 11.9. The lowest BCUT2D eigenvalue weighted by atomic mass is 9.92. The van der Waals surface area contributed by atoms with Crippen molar-refractivity contribution < 1.29 is 19.0 Å². The fourth-order valence-corrected chi connectivity index (χ4v) is 3.87. The highest BCUT2D eigenvalue weighted by atomic mass is 35.5. The Morgan fingerprint density at radius 2 is 2.08 bits per heavy atom. The molecule has 1 amide bonds. The Balaban J connectivity index is 1.79. The van der Waals surface area contributed by atoms with E-state index in [1.165, 1.54) is 0 Å². The summed E-state index contributed by atoms with van der Waals surface area (Å²) in [5, 5.41) is 0.573. The smallest absolute Gasteiger partial charge is 0.410 e. The molecule has 1 aromatic carbocycles. The number of hydrogen-bond acceptors (Lipinski definition) is 5. The molecule has 0 bridgehead atoms. The summed E-state index contributed by atoms with van der Waals surface area (Å²) in [5.41, 5.74) is 0.762. The zero-order valence-electron chi connectivity index (χ0n) is 14.3. The monoisotopic (exact) mass is 354 g/mol. The summed E-state index contributed by atoms with van der Waals surface area (Å²) in [4.78, 5) is 16.1. The number of carbonyl (C=O) groups is 1. The lowest BCUT2D eigenvalue weighted by Gasteiger charge is -2.44. The van der Waals surface area contributed by atoms with Gasteiger partial charge in [-0.25, -0.2) is 4.79 Å². The molecule has 1 atom stereocenters. The number of fused-ring (bicyclic) bond motifs is 1.